The first kappa shape index (κ1) is 10.9. The van der Waals surface area contributed by atoms with Gasteiger partial charge in [-0.1, -0.05) is 18.2 Å². The number of anilines is 1. The Morgan fingerprint density at radius 3 is 2.78 bits per heavy atom. The summed E-state index contributed by atoms with van der Waals surface area (Å²) >= 11 is 1.10. The molecule has 3 N–H and O–H groups in total. The Kier molecular flexibility index (Phi) is 2.34. The molecule has 0 unspecified atom stereocenters. The number of rotatable bonds is 2. The lowest BCUT2D eigenvalue weighted by molar-refractivity contribution is 0.0703. The smallest absolute Gasteiger partial charge is 0.348 e. The van der Waals surface area contributed by atoms with Gasteiger partial charge in [-0.3, -0.25) is 0 Å². The van der Waals surface area contributed by atoms with E-state index in [1.54, 1.807) is 5.38 Å². The van der Waals surface area contributed by atoms with Crippen LogP contribution in [0.1, 0.15) is 9.67 Å². The topological polar surface area (TPSA) is 76.5 Å². The van der Waals surface area contributed by atoms with Crippen molar-refractivity contribution in [2.24, 2.45) is 0 Å². The molecule has 0 fully saturated rings. The second kappa shape index (κ2) is 3.89. The lowest BCUT2D eigenvalue weighted by Crippen LogP contribution is -1.97. The van der Waals surface area contributed by atoms with E-state index in [-0.39, 0.29) is 10.6 Å². The van der Waals surface area contributed by atoms with Crippen LogP contribution in [0, 0.1) is 0 Å². The Morgan fingerprint density at radius 1 is 1.33 bits per heavy atom. The Labute approximate surface area is 106 Å². The lowest BCUT2D eigenvalue weighted by atomic mass is 10.2. The van der Waals surface area contributed by atoms with E-state index in [0.29, 0.717) is 11.3 Å². The van der Waals surface area contributed by atoms with Gasteiger partial charge in [-0.2, -0.15) is 0 Å². The molecule has 0 aliphatic carbocycles. The SMILES string of the molecule is Nc1c(-c2cc3ccccc3o2)csc1C(=O)O. The third-order valence-corrected chi connectivity index (χ3v) is 3.70. The zero-order valence-electron chi connectivity index (χ0n) is 9.21. The highest BCUT2D eigenvalue weighted by molar-refractivity contribution is 7.13. The van der Waals surface area contributed by atoms with E-state index in [1.165, 1.54) is 0 Å². The fourth-order valence-electron chi connectivity index (χ4n) is 1.84. The molecule has 1 aromatic carbocycles. The number of para-hydroxylation sites is 1. The van der Waals surface area contributed by atoms with Crippen molar-refractivity contribution in [1.29, 1.82) is 0 Å². The number of carbonyl (C=O) groups is 1. The second-order valence-electron chi connectivity index (χ2n) is 3.85. The van der Waals surface area contributed by atoms with E-state index in [1.807, 2.05) is 30.3 Å². The van der Waals surface area contributed by atoms with Crippen molar-refractivity contribution in [3.05, 3.63) is 40.6 Å². The van der Waals surface area contributed by atoms with Crippen LogP contribution in [-0.4, -0.2) is 11.1 Å². The highest BCUT2D eigenvalue weighted by Crippen LogP contribution is 2.36. The van der Waals surface area contributed by atoms with Crippen LogP contribution in [0.3, 0.4) is 0 Å². The highest BCUT2D eigenvalue weighted by Gasteiger charge is 2.18. The minimum Gasteiger partial charge on any atom is -0.477 e. The summed E-state index contributed by atoms with van der Waals surface area (Å²) in [7, 11) is 0. The average molecular weight is 259 g/mol. The van der Waals surface area contributed by atoms with Crippen molar-refractivity contribution >= 4 is 34.0 Å². The summed E-state index contributed by atoms with van der Waals surface area (Å²) in [4.78, 5) is 11.1. The van der Waals surface area contributed by atoms with Gasteiger partial charge in [-0.05, 0) is 12.1 Å². The Balaban J connectivity index is 2.17. The van der Waals surface area contributed by atoms with Gasteiger partial charge in [0, 0.05) is 10.8 Å². The summed E-state index contributed by atoms with van der Waals surface area (Å²) in [6.45, 7) is 0. The molecule has 3 rings (SSSR count). The quantitative estimate of drug-likeness (QED) is 0.739. The van der Waals surface area contributed by atoms with Crippen LogP contribution in [0.4, 0.5) is 5.69 Å². The molecule has 0 radical (unpaired) electrons. The monoisotopic (exact) mass is 259 g/mol. The van der Waals surface area contributed by atoms with Crippen LogP contribution in [-0.2, 0) is 0 Å². The zero-order chi connectivity index (χ0) is 12.7. The zero-order valence-corrected chi connectivity index (χ0v) is 10.0. The normalized spacial score (nSPS) is 10.9. The standard InChI is InChI=1S/C13H9NO3S/c14-11-8(6-18-12(11)13(15)16)10-5-7-3-1-2-4-9(7)17-10/h1-6H,14H2,(H,15,16). The maximum Gasteiger partial charge on any atom is 0.348 e. The number of thiophene rings is 1. The molecular weight excluding hydrogens is 250 g/mol. The number of nitrogens with two attached hydrogens (primary N) is 1. The van der Waals surface area contributed by atoms with Crippen LogP contribution >= 0.6 is 11.3 Å². The van der Waals surface area contributed by atoms with Gasteiger partial charge >= 0.3 is 5.97 Å². The fourth-order valence-corrected chi connectivity index (χ4v) is 2.65. The second-order valence-corrected chi connectivity index (χ2v) is 4.73. The number of hydrogen-bond acceptors (Lipinski definition) is 4. The van der Waals surface area contributed by atoms with Gasteiger partial charge in [-0.25, -0.2) is 4.79 Å². The summed E-state index contributed by atoms with van der Waals surface area (Å²) in [5.74, 6) is -0.419. The molecule has 0 atom stereocenters. The molecule has 2 heterocycles. The molecule has 5 heteroatoms. The Hall–Kier alpha value is -2.27. The molecule has 3 aromatic rings. The van der Waals surface area contributed by atoms with Crippen LogP contribution < -0.4 is 5.73 Å². The highest BCUT2D eigenvalue weighted by atomic mass is 32.1. The number of furan rings is 1. The Bertz CT molecular complexity index is 709. The minimum absolute atomic E-state index is 0.144. The molecular formula is C13H9NO3S. The first-order valence-corrected chi connectivity index (χ1v) is 6.14. The van der Waals surface area contributed by atoms with Crippen LogP contribution in [0.25, 0.3) is 22.3 Å². The first-order valence-electron chi connectivity index (χ1n) is 5.26. The van der Waals surface area contributed by atoms with Crippen molar-refractivity contribution in [2.45, 2.75) is 0 Å². The van der Waals surface area contributed by atoms with Gasteiger partial charge in [0.2, 0.25) is 0 Å². The van der Waals surface area contributed by atoms with Crippen molar-refractivity contribution in [3.8, 4) is 11.3 Å². The molecule has 0 aliphatic rings. The number of fused-ring (bicyclic) bond motifs is 1. The number of aromatic carboxylic acids is 1. The van der Waals surface area contributed by atoms with E-state index in [0.717, 1.165) is 22.3 Å². The van der Waals surface area contributed by atoms with E-state index < -0.39 is 5.97 Å². The molecule has 90 valence electrons. The van der Waals surface area contributed by atoms with Gasteiger partial charge < -0.3 is 15.3 Å². The maximum absolute atomic E-state index is 10.9. The summed E-state index contributed by atoms with van der Waals surface area (Å²) in [6, 6.07) is 9.46. The van der Waals surface area contributed by atoms with E-state index >= 15 is 0 Å². The summed E-state index contributed by atoms with van der Waals surface area (Å²) in [6.07, 6.45) is 0. The van der Waals surface area contributed by atoms with Crippen LogP contribution in [0.5, 0.6) is 0 Å². The largest absolute Gasteiger partial charge is 0.477 e. The summed E-state index contributed by atoms with van der Waals surface area (Å²) in [5.41, 5.74) is 7.48. The molecule has 4 nitrogen and oxygen atoms in total. The number of carboxylic acids is 1. The van der Waals surface area contributed by atoms with Crippen molar-refractivity contribution in [3.63, 3.8) is 0 Å². The van der Waals surface area contributed by atoms with Gasteiger partial charge in [0.25, 0.3) is 0 Å². The molecule has 18 heavy (non-hydrogen) atoms. The lowest BCUT2D eigenvalue weighted by Gasteiger charge is -1.95. The van der Waals surface area contributed by atoms with E-state index in [4.69, 9.17) is 15.3 Å². The first-order chi connectivity index (χ1) is 8.66. The predicted octanol–water partition coefficient (Wildman–Crippen LogP) is 3.44. The third-order valence-electron chi connectivity index (χ3n) is 2.71. The van der Waals surface area contributed by atoms with E-state index in [9.17, 15) is 4.79 Å². The average Bonchev–Trinajstić information content (AvgIpc) is 2.91. The third kappa shape index (κ3) is 1.56. The molecule has 0 bridgehead atoms. The van der Waals surface area contributed by atoms with Crippen molar-refractivity contribution in [1.82, 2.24) is 0 Å². The van der Waals surface area contributed by atoms with Gasteiger partial charge in [0.05, 0.1) is 11.3 Å². The van der Waals surface area contributed by atoms with Crippen LogP contribution in [0.2, 0.25) is 0 Å². The number of benzene rings is 1. The maximum atomic E-state index is 10.9. The molecule has 0 spiro atoms. The van der Waals surface area contributed by atoms with Crippen LogP contribution in [0.15, 0.2) is 40.1 Å². The van der Waals surface area contributed by atoms with E-state index in [2.05, 4.69) is 0 Å². The molecule has 0 aliphatic heterocycles. The summed E-state index contributed by atoms with van der Waals surface area (Å²) in [5, 5.41) is 11.6. The Morgan fingerprint density at radius 2 is 2.11 bits per heavy atom. The van der Waals surface area contributed by atoms with Gasteiger partial charge in [0.15, 0.2) is 0 Å². The number of nitrogen functional groups attached to an aromatic ring is 1. The summed E-state index contributed by atoms with van der Waals surface area (Å²) < 4.78 is 5.66. The fraction of sp³-hybridized carbons (Fsp3) is 0. The van der Waals surface area contributed by atoms with Gasteiger partial charge in [-0.15, -0.1) is 11.3 Å². The molecule has 0 saturated carbocycles. The van der Waals surface area contributed by atoms with Gasteiger partial charge in [0.1, 0.15) is 16.2 Å². The molecule has 0 amide bonds. The minimum atomic E-state index is -1.01. The number of hydrogen-bond donors (Lipinski definition) is 2. The molecule has 0 saturated heterocycles. The predicted molar refractivity (Wildman–Crippen MR) is 70.9 cm³/mol. The van der Waals surface area contributed by atoms with Crippen molar-refractivity contribution < 1.29 is 14.3 Å². The number of carboxylic acid groups (broad SMARTS) is 1. The van der Waals surface area contributed by atoms with Crippen molar-refractivity contribution in [2.75, 3.05) is 5.73 Å². The molecule has 2 aromatic heterocycles.